The summed E-state index contributed by atoms with van der Waals surface area (Å²) < 4.78 is 5.27. The van der Waals surface area contributed by atoms with Crippen molar-refractivity contribution in [2.45, 2.75) is 32.8 Å². The number of hydrogen-bond donors (Lipinski definition) is 1. The van der Waals surface area contributed by atoms with Crippen LogP contribution in [0, 0.1) is 11.3 Å². The zero-order valence-electron chi connectivity index (χ0n) is 12.6. The smallest absolute Gasteiger partial charge is 0.414 e. The number of nitrogens with zero attached hydrogens (tertiary/aromatic N) is 2. The lowest BCUT2D eigenvalue weighted by Crippen LogP contribution is -2.34. The monoisotopic (exact) mass is 289 g/mol. The Morgan fingerprint density at radius 1 is 1.38 bits per heavy atom. The van der Waals surface area contributed by atoms with E-state index in [4.69, 9.17) is 10.00 Å². The molecule has 0 aliphatic heterocycles. The summed E-state index contributed by atoms with van der Waals surface area (Å²) in [6.45, 7) is 5.37. The van der Waals surface area contributed by atoms with E-state index in [1.54, 1.807) is 58.2 Å². The number of ether oxygens (including phenoxy) is 1. The van der Waals surface area contributed by atoms with Crippen molar-refractivity contribution in [2.24, 2.45) is 0 Å². The third-order valence-electron chi connectivity index (χ3n) is 2.42. The highest BCUT2D eigenvalue weighted by Gasteiger charge is 2.20. The van der Waals surface area contributed by atoms with Crippen LogP contribution in [0.3, 0.4) is 0 Å². The molecule has 0 bridgehead atoms. The minimum atomic E-state index is -0.579. The van der Waals surface area contributed by atoms with Gasteiger partial charge in [0.2, 0.25) is 5.91 Å². The molecule has 0 spiro atoms. The van der Waals surface area contributed by atoms with Crippen LogP contribution in [0.25, 0.3) is 0 Å². The molecule has 2 amide bonds. The minimum Gasteiger partial charge on any atom is -0.443 e. The number of benzene rings is 1. The topological polar surface area (TPSA) is 82.4 Å². The van der Waals surface area contributed by atoms with E-state index in [1.807, 2.05) is 0 Å². The largest absolute Gasteiger partial charge is 0.443 e. The molecule has 1 N–H and O–H groups in total. The van der Waals surface area contributed by atoms with E-state index in [9.17, 15) is 9.59 Å². The van der Waals surface area contributed by atoms with Crippen LogP contribution in [-0.4, -0.2) is 24.6 Å². The number of carbonyl (C=O) groups excluding carboxylic acids is 2. The predicted octanol–water partition coefficient (Wildman–Crippen LogP) is 2.91. The van der Waals surface area contributed by atoms with Crippen LogP contribution in [0.5, 0.6) is 0 Å². The van der Waals surface area contributed by atoms with Gasteiger partial charge in [-0.3, -0.25) is 9.69 Å². The van der Waals surface area contributed by atoms with Crippen molar-refractivity contribution < 1.29 is 14.3 Å². The molecule has 0 heterocycles. The van der Waals surface area contributed by atoms with Crippen LogP contribution in [0.15, 0.2) is 24.3 Å². The van der Waals surface area contributed by atoms with Crippen LogP contribution in [-0.2, 0) is 9.53 Å². The zero-order chi connectivity index (χ0) is 16.0. The molecular formula is C15H19N3O3. The quantitative estimate of drug-likeness (QED) is 0.927. The van der Waals surface area contributed by atoms with E-state index < -0.39 is 17.6 Å². The van der Waals surface area contributed by atoms with E-state index in [0.717, 1.165) is 0 Å². The van der Waals surface area contributed by atoms with E-state index in [2.05, 4.69) is 5.32 Å². The van der Waals surface area contributed by atoms with Crippen LogP contribution in [0.1, 0.15) is 27.2 Å². The first kappa shape index (κ1) is 16.5. The third-order valence-corrected chi connectivity index (χ3v) is 2.42. The van der Waals surface area contributed by atoms with Crippen molar-refractivity contribution in [3.8, 4) is 6.07 Å². The number of hydrogen-bond acceptors (Lipinski definition) is 4. The molecule has 0 atom stereocenters. The Morgan fingerprint density at radius 3 is 2.62 bits per heavy atom. The highest BCUT2D eigenvalue weighted by Crippen LogP contribution is 2.20. The van der Waals surface area contributed by atoms with Gasteiger partial charge in [0.05, 0.1) is 6.07 Å². The van der Waals surface area contributed by atoms with Gasteiger partial charge in [-0.05, 0) is 39.0 Å². The Labute approximate surface area is 124 Å². The van der Waals surface area contributed by atoms with Crippen LogP contribution >= 0.6 is 0 Å². The first-order valence-corrected chi connectivity index (χ1v) is 6.46. The third kappa shape index (κ3) is 5.53. The second kappa shape index (κ2) is 6.75. The fourth-order valence-corrected chi connectivity index (χ4v) is 1.51. The fourth-order valence-electron chi connectivity index (χ4n) is 1.51. The highest BCUT2D eigenvalue weighted by atomic mass is 16.6. The molecule has 1 rings (SSSR count). The van der Waals surface area contributed by atoms with Gasteiger partial charge >= 0.3 is 6.09 Å². The summed E-state index contributed by atoms with van der Waals surface area (Å²) in [5.74, 6) is -0.394. The second-order valence-electron chi connectivity index (χ2n) is 5.47. The Morgan fingerprint density at radius 2 is 2.05 bits per heavy atom. The maximum absolute atomic E-state index is 12.0. The minimum absolute atomic E-state index is 0.216. The lowest BCUT2D eigenvalue weighted by molar-refractivity contribution is -0.115. The number of anilines is 2. The zero-order valence-corrected chi connectivity index (χ0v) is 12.6. The van der Waals surface area contributed by atoms with E-state index >= 15 is 0 Å². The van der Waals surface area contributed by atoms with Crippen molar-refractivity contribution in [3.63, 3.8) is 0 Å². The normalized spacial score (nSPS) is 10.4. The van der Waals surface area contributed by atoms with Gasteiger partial charge in [-0.2, -0.15) is 5.26 Å². The number of nitrogens with one attached hydrogen (secondary N) is 1. The van der Waals surface area contributed by atoms with E-state index in [-0.39, 0.29) is 6.42 Å². The number of amides is 2. The van der Waals surface area contributed by atoms with Gasteiger partial charge < -0.3 is 10.1 Å². The molecular weight excluding hydrogens is 270 g/mol. The standard InChI is InChI=1S/C15H19N3O3/c1-15(2,3)21-14(20)18(4)12-7-5-6-11(10-12)17-13(19)8-9-16/h5-7,10H,8H2,1-4H3,(H,17,19). The molecule has 0 saturated heterocycles. The number of carbonyl (C=O) groups is 2. The maximum atomic E-state index is 12.0. The molecule has 0 aliphatic rings. The molecule has 0 unspecified atom stereocenters. The van der Waals surface area contributed by atoms with Gasteiger partial charge in [-0.25, -0.2) is 4.79 Å². The molecule has 0 aliphatic carbocycles. The number of nitriles is 1. The summed E-state index contributed by atoms with van der Waals surface area (Å²) >= 11 is 0. The summed E-state index contributed by atoms with van der Waals surface area (Å²) in [7, 11) is 1.59. The lowest BCUT2D eigenvalue weighted by atomic mass is 10.2. The van der Waals surface area contributed by atoms with Crippen molar-refractivity contribution >= 4 is 23.4 Å². The number of rotatable bonds is 3. The summed E-state index contributed by atoms with van der Waals surface area (Å²) in [5, 5.41) is 11.0. The first-order chi connectivity index (χ1) is 9.73. The van der Waals surface area contributed by atoms with Gasteiger partial charge in [-0.15, -0.1) is 0 Å². The Kier molecular flexibility index (Phi) is 5.30. The van der Waals surface area contributed by atoms with Crippen LogP contribution in [0.2, 0.25) is 0 Å². The van der Waals surface area contributed by atoms with Gasteiger partial charge in [0.1, 0.15) is 12.0 Å². The molecule has 6 heteroatoms. The molecule has 1 aromatic carbocycles. The van der Waals surface area contributed by atoms with Crippen molar-refractivity contribution in [3.05, 3.63) is 24.3 Å². The van der Waals surface area contributed by atoms with Gasteiger partial charge in [0, 0.05) is 18.4 Å². The molecule has 0 radical (unpaired) electrons. The Bertz CT molecular complexity index is 570. The summed E-state index contributed by atoms with van der Waals surface area (Å²) in [6.07, 6.45) is -0.699. The van der Waals surface area contributed by atoms with E-state index in [0.29, 0.717) is 11.4 Å². The molecule has 6 nitrogen and oxygen atoms in total. The summed E-state index contributed by atoms with van der Waals surface area (Å²) in [4.78, 5) is 24.7. The van der Waals surface area contributed by atoms with Gasteiger partial charge in [0.25, 0.3) is 0 Å². The average Bonchev–Trinajstić information content (AvgIpc) is 2.36. The second-order valence-corrected chi connectivity index (χ2v) is 5.47. The molecule has 1 aromatic rings. The Balaban J connectivity index is 2.82. The molecule has 21 heavy (non-hydrogen) atoms. The summed E-state index contributed by atoms with van der Waals surface area (Å²) in [6, 6.07) is 8.53. The molecule has 0 aromatic heterocycles. The molecule has 0 saturated carbocycles. The lowest BCUT2D eigenvalue weighted by Gasteiger charge is -2.24. The van der Waals surface area contributed by atoms with Crippen molar-refractivity contribution in [2.75, 3.05) is 17.3 Å². The van der Waals surface area contributed by atoms with E-state index in [1.165, 1.54) is 4.90 Å². The first-order valence-electron chi connectivity index (χ1n) is 6.46. The van der Waals surface area contributed by atoms with Crippen molar-refractivity contribution in [1.82, 2.24) is 0 Å². The average molecular weight is 289 g/mol. The molecule has 112 valence electrons. The maximum Gasteiger partial charge on any atom is 0.414 e. The fraction of sp³-hybridized carbons (Fsp3) is 0.400. The van der Waals surface area contributed by atoms with Crippen LogP contribution < -0.4 is 10.2 Å². The van der Waals surface area contributed by atoms with Crippen molar-refractivity contribution in [1.29, 1.82) is 5.26 Å². The van der Waals surface area contributed by atoms with Crippen LogP contribution in [0.4, 0.5) is 16.2 Å². The Hall–Kier alpha value is -2.55. The van der Waals surface area contributed by atoms with Gasteiger partial charge in [-0.1, -0.05) is 6.07 Å². The van der Waals surface area contributed by atoms with Gasteiger partial charge in [0.15, 0.2) is 0 Å². The SMILES string of the molecule is CN(C(=O)OC(C)(C)C)c1cccc(NC(=O)CC#N)c1. The highest BCUT2D eigenvalue weighted by molar-refractivity contribution is 5.93. The molecule has 0 fully saturated rings. The summed E-state index contributed by atoms with van der Waals surface area (Å²) in [5.41, 5.74) is 0.520. The predicted molar refractivity (Wildman–Crippen MR) is 79.9 cm³/mol.